The van der Waals surface area contributed by atoms with Crippen molar-refractivity contribution in [3.63, 3.8) is 0 Å². The average molecular weight is 252 g/mol. The van der Waals surface area contributed by atoms with Crippen LogP contribution in [-0.2, 0) is 4.79 Å². The van der Waals surface area contributed by atoms with Crippen molar-refractivity contribution in [1.82, 2.24) is 0 Å². The van der Waals surface area contributed by atoms with Gasteiger partial charge in [0.25, 0.3) is 0 Å². The van der Waals surface area contributed by atoms with Gasteiger partial charge in [-0.05, 0) is 23.8 Å². The highest BCUT2D eigenvalue weighted by Gasteiger charge is 2.28. The molecule has 3 rings (SSSR count). The van der Waals surface area contributed by atoms with Crippen LogP contribution in [0.15, 0.2) is 53.5 Å². The Balaban J connectivity index is 1.90. The Morgan fingerprint density at radius 3 is 2.84 bits per heavy atom. The van der Waals surface area contributed by atoms with Gasteiger partial charge in [-0.15, -0.1) is 0 Å². The Morgan fingerprint density at radius 1 is 1.16 bits per heavy atom. The molecule has 1 heterocycles. The molecular weight excluding hydrogens is 240 g/mol. The van der Waals surface area contributed by atoms with Crippen molar-refractivity contribution in [3.8, 4) is 5.75 Å². The zero-order chi connectivity index (χ0) is 13.2. The lowest BCUT2D eigenvalue weighted by Crippen LogP contribution is -2.12. The summed E-state index contributed by atoms with van der Waals surface area (Å²) in [6, 6.07) is 14.2. The van der Waals surface area contributed by atoms with Gasteiger partial charge in [0, 0.05) is 18.0 Å². The number of rotatable bonds is 2. The van der Waals surface area contributed by atoms with Crippen molar-refractivity contribution in [3.05, 3.63) is 54.1 Å². The number of anilines is 1. The summed E-state index contributed by atoms with van der Waals surface area (Å²) in [4.78, 5) is 16.1. The molecule has 1 unspecified atom stereocenters. The van der Waals surface area contributed by atoms with Gasteiger partial charge in [0.2, 0.25) is 5.91 Å². The summed E-state index contributed by atoms with van der Waals surface area (Å²) in [6.07, 6.45) is 1.61. The molecule has 2 aromatic rings. The largest absolute Gasteiger partial charge is 0.508 e. The summed E-state index contributed by atoms with van der Waals surface area (Å²) >= 11 is 0. The lowest BCUT2D eigenvalue weighted by atomic mass is 10.0. The molecule has 4 heteroatoms. The molecule has 2 aromatic carbocycles. The maximum Gasteiger partial charge on any atom is 0.237 e. The van der Waals surface area contributed by atoms with Gasteiger partial charge in [0.05, 0.1) is 5.69 Å². The minimum atomic E-state index is -0.376. The quantitative estimate of drug-likeness (QED) is 0.807. The van der Waals surface area contributed by atoms with E-state index < -0.39 is 0 Å². The molecular formula is C15H12N2O2. The maximum atomic E-state index is 11.9. The first-order chi connectivity index (χ1) is 9.24. The van der Waals surface area contributed by atoms with Crippen LogP contribution in [0.1, 0.15) is 11.5 Å². The zero-order valence-corrected chi connectivity index (χ0v) is 10.1. The second-order valence-corrected chi connectivity index (χ2v) is 4.35. The molecule has 2 N–H and O–H groups in total. The van der Waals surface area contributed by atoms with Crippen LogP contribution in [0.25, 0.3) is 0 Å². The van der Waals surface area contributed by atoms with Crippen molar-refractivity contribution in [2.24, 2.45) is 4.99 Å². The predicted octanol–water partition coefficient (Wildman–Crippen LogP) is 2.83. The molecule has 0 saturated heterocycles. The minimum absolute atomic E-state index is 0.0786. The highest BCUT2D eigenvalue weighted by Crippen LogP contribution is 2.31. The van der Waals surface area contributed by atoms with E-state index in [1.165, 1.54) is 0 Å². The van der Waals surface area contributed by atoms with Crippen LogP contribution in [0.2, 0.25) is 0 Å². The number of hydrogen-bond acceptors (Lipinski definition) is 3. The molecule has 0 spiro atoms. The molecule has 0 bridgehead atoms. The molecule has 4 nitrogen and oxygen atoms in total. The number of benzene rings is 2. The number of nitrogens with zero attached hydrogens (tertiary/aromatic N) is 1. The van der Waals surface area contributed by atoms with Crippen molar-refractivity contribution >= 4 is 23.5 Å². The minimum Gasteiger partial charge on any atom is -0.508 e. The van der Waals surface area contributed by atoms with Crippen LogP contribution in [0.4, 0.5) is 11.4 Å². The third-order valence-corrected chi connectivity index (χ3v) is 3.04. The number of carbonyl (C=O) groups is 1. The number of nitrogens with one attached hydrogen (secondary N) is 1. The van der Waals surface area contributed by atoms with E-state index in [2.05, 4.69) is 10.3 Å². The molecule has 94 valence electrons. The number of phenolic OH excluding ortho intramolecular Hbond substituents is 1. The summed E-state index contributed by atoms with van der Waals surface area (Å²) in [7, 11) is 0. The first-order valence-corrected chi connectivity index (χ1v) is 5.97. The van der Waals surface area contributed by atoms with Gasteiger partial charge in [0.15, 0.2) is 0 Å². The number of aliphatic imine (C=N–C) groups is 1. The highest BCUT2D eigenvalue weighted by atomic mass is 16.3. The summed E-state index contributed by atoms with van der Waals surface area (Å²) in [6.45, 7) is 0. The van der Waals surface area contributed by atoms with E-state index in [4.69, 9.17) is 0 Å². The van der Waals surface area contributed by atoms with E-state index in [-0.39, 0.29) is 17.6 Å². The van der Waals surface area contributed by atoms with Gasteiger partial charge in [0.1, 0.15) is 11.7 Å². The third-order valence-electron chi connectivity index (χ3n) is 3.04. The van der Waals surface area contributed by atoms with Crippen molar-refractivity contribution in [2.75, 3.05) is 5.32 Å². The van der Waals surface area contributed by atoms with Crippen LogP contribution in [0.5, 0.6) is 5.75 Å². The lowest BCUT2D eigenvalue weighted by molar-refractivity contribution is -0.115. The number of hydrogen-bond donors (Lipinski definition) is 2. The fourth-order valence-corrected chi connectivity index (χ4v) is 2.12. The monoisotopic (exact) mass is 252 g/mol. The molecule has 1 aliphatic rings. The standard InChI is InChI=1S/C15H12N2O2/c18-11-5-3-4-10(8-11)16-9-13-12-6-1-2-7-14(12)17-15(13)19/h1-9,13,18H,(H,17,19). The first-order valence-electron chi connectivity index (χ1n) is 5.97. The van der Waals surface area contributed by atoms with E-state index in [0.29, 0.717) is 5.69 Å². The first kappa shape index (κ1) is 11.5. The highest BCUT2D eigenvalue weighted by molar-refractivity contribution is 6.12. The molecule has 0 aliphatic carbocycles. The topological polar surface area (TPSA) is 61.7 Å². The molecule has 1 amide bonds. The summed E-state index contributed by atoms with van der Waals surface area (Å²) in [5.41, 5.74) is 2.38. The number of para-hydroxylation sites is 1. The summed E-state index contributed by atoms with van der Waals surface area (Å²) in [5, 5.41) is 12.2. The summed E-state index contributed by atoms with van der Waals surface area (Å²) < 4.78 is 0. The van der Waals surface area contributed by atoms with E-state index in [0.717, 1.165) is 11.3 Å². The Hall–Kier alpha value is -2.62. The van der Waals surface area contributed by atoms with Crippen LogP contribution in [0, 0.1) is 0 Å². The molecule has 1 atom stereocenters. The Kier molecular flexibility index (Phi) is 2.76. The average Bonchev–Trinajstić information content (AvgIpc) is 2.72. The van der Waals surface area contributed by atoms with E-state index in [9.17, 15) is 9.90 Å². The van der Waals surface area contributed by atoms with Crippen LogP contribution >= 0.6 is 0 Å². The SMILES string of the molecule is O=C1Nc2ccccc2C1C=Nc1cccc(O)c1. The van der Waals surface area contributed by atoms with Crippen LogP contribution in [0.3, 0.4) is 0 Å². The van der Waals surface area contributed by atoms with Crippen LogP contribution in [-0.4, -0.2) is 17.2 Å². The maximum absolute atomic E-state index is 11.9. The van der Waals surface area contributed by atoms with Crippen molar-refractivity contribution in [1.29, 1.82) is 0 Å². The zero-order valence-electron chi connectivity index (χ0n) is 10.1. The van der Waals surface area contributed by atoms with E-state index in [1.807, 2.05) is 24.3 Å². The van der Waals surface area contributed by atoms with Gasteiger partial charge in [-0.3, -0.25) is 9.79 Å². The molecule has 1 aliphatic heterocycles. The second-order valence-electron chi connectivity index (χ2n) is 4.35. The lowest BCUT2D eigenvalue weighted by Gasteiger charge is -2.01. The Morgan fingerprint density at radius 2 is 2.00 bits per heavy atom. The van der Waals surface area contributed by atoms with Gasteiger partial charge in [-0.1, -0.05) is 24.3 Å². The third kappa shape index (κ3) is 2.20. The Labute approximate surface area is 110 Å². The van der Waals surface area contributed by atoms with Gasteiger partial charge >= 0.3 is 0 Å². The fraction of sp³-hybridized carbons (Fsp3) is 0.0667. The van der Waals surface area contributed by atoms with E-state index >= 15 is 0 Å². The smallest absolute Gasteiger partial charge is 0.237 e. The van der Waals surface area contributed by atoms with Gasteiger partial charge in [-0.25, -0.2) is 0 Å². The van der Waals surface area contributed by atoms with Crippen molar-refractivity contribution in [2.45, 2.75) is 5.92 Å². The number of aromatic hydroxyl groups is 1. The van der Waals surface area contributed by atoms with Gasteiger partial charge in [-0.2, -0.15) is 0 Å². The fourth-order valence-electron chi connectivity index (χ4n) is 2.12. The van der Waals surface area contributed by atoms with Crippen LogP contribution < -0.4 is 5.32 Å². The number of fused-ring (bicyclic) bond motifs is 1. The molecule has 19 heavy (non-hydrogen) atoms. The van der Waals surface area contributed by atoms with Crippen molar-refractivity contribution < 1.29 is 9.90 Å². The number of carbonyl (C=O) groups excluding carboxylic acids is 1. The normalized spacial score (nSPS) is 17.5. The molecule has 0 aromatic heterocycles. The predicted molar refractivity (Wildman–Crippen MR) is 74.1 cm³/mol. The Bertz CT molecular complexity index is 665. The summed E-state index contributed by atoms with van der Waals surface area (Å²) in [5.74, 6) is -0.297. The van der Waals surface area contributed by atoms with Gasteiger partial charge < -0.3 is 10.4 Å². The molecule has 0 saturated carbocycles. The number of phenols is 1. The second kappa shape index (κ2) is 4.57. The van der Waals surface area contributed by atoms with E-state index in [1.54, 1.807) is 30.5 Å². The molecule has 0 fully saturated rings. The number of amides is 1. The molecule has 0 radical (unpaired) electrons.